The third-order valence-corrected chi connectivity index (χ3v) is 6.14. The molecular weight excluding hydrogens is 735 g/mol. The van der Waals surface area contributed by atoms with Gasteiger partial charge in [-0.2, -0.15) is 0 Å². The SMILES string of the molecule is COC.CSN1CCN(C)C1[S-].O=Cc1cccc2c1Cc1ccccc1-2.[Cs+].[Ra]. The summed E-state index contributed by atoms with van der Waals surface area (Å²) in [5.74, 6) is 0. The number of fused-ring (bicyclic) bond motifs is 3. The van der Waals surface area contributed by atoms with Crippen molar-refractivity contribution in [2.24, 2.45) is 0 Å². The molecule has 1 heterocycles. The second-order valence-corrected chi connectivity index (χ2v) is 7.62. The van der Waals surface area contributed by atoms with E-state index in [2.05, 4.69) is 45.4 Å². The molecule has 2 aliphatic rings. The summed E-state index contributed by atoms with van der Waals surface area (Å²) in [6, 6.07) is 14.3. The van der Waals surface area contributed by atoms with E-state index in [1.54, 1.807) is 26.2 Å². The van der Waals surface area contributed by atoms with Crippen LogP contribution in [-0.2, 0) is 23.8 Å². The minimum atomic E-state index is 0. The van der Waals surface area contributed by atoms with Crippen LogP contribution < -0.4 is 68.9 Å². The van der Waals surface area contributed by atoms with Crippen LogP contribution in [0.2, 0.25) is 0 Å². The molecule has 0 N–H and O–H groups in total. The molecule has 0 aromatic heterocycles. The predicted octanol–water partition coefficient (Wildman–Crippen LogP) is 0.679. The Morgan fingerprint density at radius 2 is 1.72 bits per heavy atom. The number of likely N-dealkylation sites (N-methyl/N-ethyl adjacent to an activating group) is 1. The van der Waals surface area contributed by atoms with Gasteiger partial charge in [0.15, 0.2) is 0 Å². The Balaban J connectivity index is 0.000000488. The van der Waals surface area contributed by atoms with Crippen molar-refractivity contribution >= 4 is 30.9 Å². The molecular formula is C21H27CsN2O2RaS2. The maximum atomic E-state index is 10.9. The number of nitrogens with zero attached hydrogens (tertiary/aromatic N) is 2. The molecule has 0 amide bonds. The summed E-state index contributed by atoms with van der Waals surface area (Å²) < 4.78 is 6.45. The van der Waals surface area contributed by atoms with Crippen LogP contribution in [0.1, 0.15) is 21.5 Å². The van der Waals surface area contributed by atoms with Crippen LogP contribution in [0, 0.1) is 45.0 Å². The molecule has 29 heavy (non-hydrogen) atoms. The number of rotatable bonds is 2. The number of carbonyl (C=O) groups excluding carboxylic acids is 1. The van der Waals surface area contributed by atoms with Gasteiger partial charge in [0.05, 0.1) is 0 Å². The molecule has 148 valence electrons. The summed E-state index contributed by atoms with van der Waals surface area (Å²) in [4.78, 5) is 13.1. The quantitative estimate of drug-likeness (QED) is 0.217. The number of hydrogen-bond donors (Lipinski definition) is 0. The average Bonchev–Trinajstić information content (AvgIpc) is 3.23. The molecule has 2 aromatic rings. The number of ether oxygens (including phenoxy) is 1. The molecule has 2 aromatic carbocycles. The van der Waals surface area contributed by atoms with E-state index in [1.165, 1.54) is 22.3 Å². The molecule has 8 heteroatoms. The van der Waals surface area contributed by atoms with Gasteiger partial charge in [-0.1, -0.05) is 54.4 Å². The molecule has 1 aliphatic carbocycles. The fraction of sp³-hybridized carbons (Fsp3) is 0.381. The van der Waals surface area contributed by atoms with E-state index in [4.69, 9.17) is 12.6 Å². The van der Waals surface area contributed by atoms with Gasteiger partial charge in [-0.15, -0.1) is 0 Å². The zero-order valence-corrected chi connectivity index (χ0v) is 31.8. The normalized spacial score (nSPS) is 16.7. The van der Waals surface area contributed by atoms with Gasteiger partial charge < -0.3 is 22.3 Å². The maximum Gasteiger partial charge on any atom is 1.00 e. The van der Waals surface area contributed by atoms with E-state index in [1.807, 2.05) is 24.3 Å². The van der Waals surface area contributed by atoms with E-state index in [0.29, 0.717) is 0 Å². The molecule has 1 atom stereocenters. The van der Waals surface area contributed by atoms with Gasteiger partial charge in [0.2, 0.25) is 0 Å². The Kier molecular flexibility index (Phi) is 18.0. The fourth-order valence-electron chi connectivity index (χ4n) is 3.17. The number of hydrogen-bond acceptors (Lipinski definition) is 6. The summed E-state index contributed by atoms with van der Waals surface area (Å²) in [5, 5.41) is 0. The molecule has 4 nitrogen and oxygen atoms in total. The van der Waals surface area contributed by atoms with Crippen molar-refractivity contribution in [2.75, 3.05) is 40.6 Å². The van der Waals surface area contributed by atoms with Crippen LogP contribution in [0.25, 0.3) is 11.1 Å². The Bertz CT molecular complexity index is 767. The first kappa shape index (κ1) is 31.2. The van der Waals surface area contributed by atoms with E-state index in [0.717, 1.165) is 31.4 Å². The number of methoxy groups -OCH3 is 1. The monoisotopic (exact) mass is 762 g/mol. The second kappa shape index (κ2) is 16.8. The number of aldehydes is 1. The fourth-order valence-corrected chi connectivity index (χ4v) is 4.25. The molecule has 2 radical (unpaired) electrons. The van der Waals surface area contributed by atoms with Gasteiger partial charge in [-0.3, -0.25) is 9.10 Å². The molecule has 1 saturated heterocycles. The number of carbonyl (C=O) groups is 1. The molecule has 0 bridgehead atoms. The number of benzene rings is 2. The zero-order chi connectivity index (χ0) is 19.8. The zero-order valence-electron chi connectivity index (χ0n) is 18.1. The van der Waals surface area contributed by atoms with Crippen molar-refractivity contribution in [3.8, 4) is 11.1 Å². The van der Waals surface area contributed by atoms with Crippen molar-refractivity contribution in [1.29, 1.82) is 0 Å². The Labute approximate surface area is 280 Å². The van der Waals surface area contributed by atoms with Crippen LogP contribution in [0.3, 0.4) is 0 Å². The molecule has 1 fully saturated rings. The van der Waals surface area contributed by atoms with Crippen LogP contribution in [0.5, 0.6) is 0 Å². The molecule has 1 aliphatic heterocycles. The van der Waals surface area contributed by atoms with E-state index in [-0.39, 0.29) is 119 Å². The minimum absolute atomic E-state index is 0. The van der Waals surface area contributed by atoms with Crippen molar-refractivity contribution in [3.05, 3.63) is 59.2 Å². The van der Waals surface area contributed by atoms with E-state index in [9.17, 15) is 4.79 Å². The molecule has 0 spiro atoms. The summed E-state index contributed by atoms with van der Waals surface area (Å²) in [5.41, 5.74) is 6.02. The first-order chi connectivity index (χ1) is 13.1. The predicted molar refractivity (Wildman–Crippen MR) is 117 cm³/mol. The third-order valence-electron chi connectivity index (χ3n) is 4.55. The average molecular weight is 762 g/mol. The first-order valence-corrected chi connectivity index (χ1v) is 10.4. The van der Waals surface area contributed by atoms with Gasteiger partial charge in [-0.25, -0.2) is 0 Å². The summed E-state index contributed by atoms with van der Waals surface area (Å²) in [7, 11) is 5.31. The van der Waals surface area contributed by atoms with Crippen molar-refractivity contribution in [1.82, 2.24) is 9.21 Å². The molecule has 4 rings (SSSR count). The summed E-state index contributed by atoms with van der Waals surface area (Å²) >= 11 is 6.91. The van der Waals surface area contributed by atoms with Crippen molar-refractivity contribution in [3.63, 3.8) is 0 Å². The van der Waals surface area contributed by atoms with Gasteiger partial charge >= 0.3 is 68.9 Å². The summed E-state index contributed by atoms with van der Waals surface area (Å²) in [6.45, 7) is 2.21. The third kappa shape index (κ3) is 8.82. The van der Waals surface area contributed by atoms with Crippen LogP contribution in [0.4, 0.5) is 0 Å². The van der Waals surface area contributed by atoms with Gasteiger partial charge in [0, 0.05) is 77.9 Å². The van der Waals surface area contributed by atoms with Crippen LogP contribution in [0.15, 0.2) is 42.5 Å². The van der Waals surface area contributed by atoms with Crippen LogP contribution in [-0.4, -0.2) is 61.6 Å². The van der Waals surface area contributed by atoms with Crippen molar-refractivity contribution in [2.45, 2.75) is 11.9 Å². The maximum absolute atomic E-state index is 10.9. The molecule has 1 unspecified atom stereocenters. The standard InChI is InChI=1S/C14H10O.C5H12N2S2.C2H6O.Cs.Ra/c15-9-11-5-3-7-13-12-6-2-1-4-10(12)8-14(11)13;1-6-3-4-7(9-2)5(6)8;1-3-2;;/h1-7,9H,8H2;5,8H,3-4H2,1-2H3;1-2H3;;/q;;;+1;/p-1. The van der Waals surface area contributed by atoms with E-state index < -0.39 is 0 Å². The van der Waals surface area contributed by atoms with Crippen LogP contribution >= 0.6 is 11.9 Å². The molecule has 0 saturated carbocycles. The van der Waals surface area contributed by atoms with E-state index >= 15 is 0 Å². The summed E-state index contributed by atoms with van der Waals surface area (Å²) in [6.07, 6.45) is 3.91. The Morgan fingerprint density at radius 1 is 1.10 bits per heavy atom. The Hall–Kier alpha value is 2.21. The minimum Gasteiger partial charge on any atom is -0.757 e. The van der Waals surface area contributed by atoms with Gasteiger partial charge in [0.25, 0.3) is 0 Å². The van der Waals surface area contributed by atoms with Crippen molar-refractivity contribution < 1.29 is 123 Å². The largest absolute Gasteiger partial charge is 1.00 e. The smallest absolute Gasteiger partial charge is 0.757 e. The first-order valence-electron chi connectivity index (χ1n) is 8.79. The topological polar surface area (TPSA) is 32.8 Å². The van der Waals surface area contributed by atoms with Gasteiger partial charge in [-0.05, 0) is 47.5 Å². The second-order valence-electron chi connectivity index (χ2n) is 6.36. The van der Waals surface area contributed by atoms with Gasteiger partial charge in [0.1, 0.15) is 6.29 Å². The Morgan fingerprint density at radius 3 is 2.24 bits per heavy atom.